The number of carbonyl (C=O) groups excluding carboxylic acids is 3. The summed E-state index contributed by atoms with van der Waals surface area (Å²) in [6.07, 6.45) is 22.2. The summed E-state index contributed by atoms with van der Waals surface area (Å²) in [7, 11) is 0. The number of hydrogen-bond acceptors (Lipinski definition) is 11. The Morgan fingerprint density at radius 2 is 0.847 bits per heavy atom. The van der Waals surface area contributed by atoms with E-state index in [9.17, 15) is 34.5 Å². The predicted molar refractivity (Wildman–Crippen MR) is 375 cm³/mol. The summed E-state index contributed by atoms with van der Waals surface area (Å²) < 4.78 is 25.5. The van der Waals surface area contributed by atoms with Gasteiger partial charge in [0.25, 0.3) is 0 Å². The predicted octanol–water partition coefficient (Wildman–Crippen LogP) is 15.7. The van der Waals surface area contributed by atoms with Crippen LogP contribution in [-0.2, 0) is 70.5 Å². The lowest BCUT2D eigenvalue weighted by molar-refractivity contribution is -0.237. The number of ether oxygens (including phenoxy) is 4. The van der Waals surface area contributed by atoms with Crippen molar-refractivity contribution in [1.82, 2.24) is 10.6 Å². The first-order valence-electron chi connectivity index (χ1n) is 37.8. The van der Waals surface area contributed by atoms with E-state index < -0.39 is 17.5 Å². The van der Waals surface area contributed by atoms with E-state index in [1.54, 1.807) is 0 Å². The van der Waals surface area contributed by atoms with Gasteiger partial charge in [-0.1, -0.05) is 99.6 Å². The minimum absolute atomic E-state index is 0.00696. The van der Waals surface area contributed by atoms with E-state index in [1.807, 2.05) is 97.1 Å². The Morgan fingerprint density at radius 3 is 1.26 bits per heavy atom. The molecule has 6 N–H and O–H groups in total. The van der Waals surface area contributed by atoms with Crippen molar-refractivity contribution in [2.45, 2.75) is 217 Å². The third-order valence-electron chi connectivity index (χ3n) is 27.4. The number of ketones is 1. The molecule has 2 amide bonds. The van der Waals surface area contributed by atoms with E-state index in [4.69, 9.17) is 24.1 Å². The molecular formula is C84H106N2O12. The number of hydrogen-bond donors (Lipinski definition) is 6. The maximum atomic E-state index is 13.1. The summed E-state index contributed by atoms with van der Waals surface area (Å²) in [5.41, 5.74) is 10.2. The Morgan fingerprint density at radius 1 is 0.469 bits per heavy atom. The van der Waals surface area contributed by atoms with Crippen molar-refractivity contribution < 1.29 is 58.6 Å². The van der Waals surface area contributed by atoms with Gasteiger partial charge in [0.05, 0.1) is 26.4 Å². The van der Waals surface area contributed by atoms with Gasteiger partial charge >= 0.3 is 5.97 Å². The molecule has 8 fully saturated rings. The fourth-order valence-electron chi connectivity index (χ4n) is 23.3. The van der Waals surface area contributed by atoms with E-state index in [1.165, 1.54) is 33.4 Å². The SMILES string of the molecule is C[C@]12CC[C@@H]3c4ccc(O)cc4CC[C@H]3[C@@H]1[C@@H](CCCC(=O)NCc1ccccc1)CC21OCCO1.C[C@]12CC[C@@H]3c4ccc(O)cc4CC[C@H]3[C@@H]1[C@@H](CCCC(=O)NCc1ccccc1)CC2=O.C[C@]12CC[C@@H]3c4ccc(O)cc4CC[C@H]3[C@@H]1[C@@H](CCCC(=O)O)CC21OCCO1. The van der Waals surface area contributed by atoms with Crippen molar-refractivity contribution in [1.29, 1.82) is 0 Å². The van der Waals surface area contributed by atoms with Gasteiger partial charge in [-0.05, 0) is 267 Å². The summed E-state index contributed by atoms with van der Waals surface area (Å²) in [4.78, 5) is 49.2. The molecule has 2 spiro atoms. The van der Waals surface area contributed by atoms with Gasteiger partial charge in [0.1, 0.15) is 23.0 Å². The number of phenols is 3. The summed E-state index contributed by atoms with van der Waals surface area (Å²) in [5, 5.41) is 45.1. The molecule has 6 saturated carbocycles. The molecule has 14 heteroatoms. The van der Waals surface area contributed by atoms with E-state index in [-0.39, 0.29) is 34.5 Å². The molecule has 0 unspecified atom stereocenters. The smallest absolute Gasteiger partial charge is 0.303 e. The molecule has 98 heavy (non-hydrogen) atoms. The summed E-state index contributed by atoms with van der Waals surface area (Å²) in [6, 6.07) is 37.9. The molecule has 2 saturated heterocycles. The first kappa shape index (κ1) is 68.5. The zero-order valence-electron chi connectivity index (χ0n) is 58.2. The molecule has 0 radical (unpaired) electrons. The number of fused-ring (bicyclic) bond motifs is 17. The Hall–Kier alpha value is -6.58. The van der Waals surface area contributed by atoms with E-state index in [0.29, 0.717) is 153 Å². The van der Waals surface area contributed by atoms with Crippen LogP contribution >= 0.6 is 0 Å². The first-order chi connectivity index (χ1) is 47.4. The molecule has 5 aromatic rings. The van der Waals surface area contributed by atoms with Crippen LogP contribution in [0.15, 0.2) is 115 Å². The van der Waals surface area contributed by atoms with Crippen LogP contribution in [0.5, 0.6) is 17.2 Å². The van der Waals surface area contributed by atoms with Gasteiger partial charge in [0.2, 0.25) is 11.8 Å². The number of aromatic hydroxyl groups is 3. The van der Waals surface area contributed by atoms with Crippen LogP contribution in [0.2, 0.25) is 0 Å². The van der Waals surface area contributed by atoms with Crippen molar-refractivity contribution in [3.63, 3.8) is 0 Å². The molecule has 15 atom stereocenters. The van der Waals surface area contributed by atoms with Gasteiger partial charge in [-0.2, -0.15) is 0 Å². The minimum atomic E-state index is -0.707. The topological polar surface area (TPSA) is 210 Å². The Balaban J connectivity index is 0.000000126. The van der Waals surface area contributed by atoms with Crippen LogP contribution in [0, 0.1) is 69.5 Å². The first-order valence-corrected chi connectivity index (χ1v) is 37.8. The van der Waals surface area contributed by atoms with Gasteiger partial charge in [-0.3, -0.25) is 19.2 Å². The van der Waals surface area contributed by atoms with Gasteiger partial charge < -0.3 is 50.0 Å². The van der Waals surface area contributed by atoms with E-state index >= 15 is 0 Å². The molecule has 14 nitrogen and oxygen atoms in total. The van der Waals surface area contributed by atoms with Crippen LogP contribution in [0.3, 0.4) is 0 Å². The number of Topliss-reactive ketones (excluding diaryl/α,β-unsaturated/α-hetero) is 1. The fraction of sp³-hybridized carbons (Fsp3) is 0.595. The second kappa shape index (κ2) is 28.4. The average Bonchev–Trinajstić information content (AvgIpc) is 1.53. The molecule has 16 rings (SSSR count). The van der Waals surface area contributed by atoms with Crippen molar-refractivity contribution >= 4 is 23.6 Å². The van der Waals surface area contributed by atoms with Crippen molar-refractivity contribution in [2.24, 2.45) is 69.5 Å². The lowest BCUT2D eigenvalue weighted by Crippen LogP contribution is -2.51. The van der Waals surface area contributed by atoms with E-state index in [0.717, 1.165) is 140 Å². The number of carbonyl (C=O) groups is 4. The third-order valence-corrected chi connectivity index (χ3v) is 27.4. The number of aliphatic carboxylic acids is 1. The highest BCUT2D eigenvalue weighted by Crippen LogP contribution is 2.71. The number of phenolic OH excluding ortho intramolecular Hbond substituents is 3. The molecule has 0 bridgehead atoms. The molecule has 9 aliphatic carbocycles. The van der Waals surface area contributed by atoms with Gasteiger partial charge in [-0.25, -0.2) is 0 Å². The van der Waals surface area contributed by atoms with Gasteiger partial charge in [0.15, 0.2) is 11.6 Å². The number of nitrogens with one attached hydrogen (secondary N) is 2. The lowest BCUT2D eigenvalue weighted by atomic mass is 9.53. The summed E-state index contributed by atoms with van der Waals surface area (Å²) >= 11 is 0. The maximum absolute atomic E-state index is 13.1. The van der Waals surface area contributed by atoms with Crippen LogP contribution in [0.4, 0.5) is 0 Å². The second-order valence-electron chi connectivity index (χ2n) is 32.3. The maximum Gasteiger partial charge on any atom is 0.303 e. The van der Waals surface area contributed by atoms with Crippen molar-refractivity contribution in [3.8, 4) is 17.2 Å². The largest absolute Gasteiger partial charge is 0.508 e. The monoisotopic (exact) mass is 1330 g/mol. The van der Waals surface area contributed by atoms with Crippen LogP contribution in [-0.4, -0.2) is 82.0 Å². The molecule has 2 heterocycles. The van der Waals surface area contributed by atoms with Crippen LogP contribution < -0.4 is 10.6 Å². The highest BCUT2D eigenvalue weighted by Gasteiger charge is 2.70. The number of aryl methyl sites for hydroxylation is 3. The Bertz CT molecular complexity index is 3680. The number of carboxylic acid groups (broad SMARTS) is 1. The average molecular weight is 1340 g/mol. The lowest BCUT2D eigenvalue weighted by Gasteiger charge is -2.53. The number of carboxylic acids is 1. The standard InChI is InChI=1S/C31H39NO4.C29H35NO3.C24H32O5/c1-30-15-14-26-25-13-11-24(33)18-22(25)10-12-27(26)29(30)23(19-31(30)35-16-17-36-31)8-5-9-28(34)32-20-21-6-3-2-4-7-21;1-29-15-14-24-23-13-11-22(31)16-20(23)10-12-25(24)28(29)21(17-26(29)32)8-5-9-27(33)30-18-19-6-3-2-4-7-19;1-23-10-9-19-18-8-6-17(25)13-15(18)5-7-20(19)22(23)16(3-2-4-21(26)27)14-24(23)28-11-12-29-24/h2-4,6-7,11,13,18,23,26-27,29,33H,5,8-10,12,14-17,19-20H2,1H3,(H,32,34);2-4,6-7,11,13,16,21,24-25,28,31H,5,8-10,12,14-15,17-18H2,1H3,(H,30,33);6,8,13,16,19-20,22,25H,2-5,7,9-12,14H2,1H3,(H,26,27)/t23-,26+,27+,29-,30-;21-,24+,25+,28-,29+;16-,19+,20+,22-,23-/m000/s1. The number of benzene rings is 5. The van der Waals surface area contributed by atoms with Crippen molar-refractivity contribution in [3.05, 3.63) is 160 Å². The normalized spacial score (nSPS) is 32.9. The zero-order chi connectivity index (χ0) is 68.0. The van der Waals surface area contributed by atoms with Crippen LogP contribution in [0.25, 0.3) is 0 Å². The minimum Gasteiger partial charge on any atom is -0.508 e. The molecule has 11 aliphatic rings. The number of rotatable bonds is 16. The Kier molecular flexibility index (Phi) is 19.9. The van der Waals surface area contributed by atoms with Crippen LogP contribution in [0.1, 0.15) is 218 Å². The molecule has 2 aliphatic heterocycles. The van der Waals surface area contributed by atoms with Gasteiger partial charge in [0, 0.05) is 67.9 Å². The zero-order valence-corrected chi connectivity index (χ0v) is 58.2. The fourth-order valence-corrected chi connectivity index (χ4v) is 23.3. The molecule has 0 aromatic heterocycles. The number of amides is 2. The highest BCUT2D eigenvalue weighted by molar-refractivity contribution is 5.88. The summed E-state index contributed by atoms with van der Waals surface area (Å²) in [5.74, 6) is 6.17. The molecule has 5 aromatic carbocycles. The molecular weight excluding hydrogens is 1230 g/mol. The highest BCUT2D eigenvalue weighted by atomic mass is 16.7. The quantitative estimate of drug-likeness (QED) is 0.0545. The van der Waals surface area contributed by atoms with E-state index in [2.05, 4.69) is 49.6 Å². The van der Waals surface area contributed by atoms with Gasteiger partial charge in [-0.15, -0.1) is 0 Å². The second-order valence-corrected chi connectivity index (χ2v) is 32.3. The summed E-state index contributed by atoms with van der Waals surface area (Å²) in [6.45, 7) is 10.9. The third kappa shape index (κ3) is 13.1. The molecule has 524 valence electrons. The Labute approximate surface area is 580 Å². The van der Waals surface area contributed by atoms with Crippen molar-refractivity contribution in [2.75, 3.05) is 26.4 Å².